The lowest BCUT2D eigenvalue weighted by molar-refractivity contribution is -0.147. The van der Waals surface area contributed by atoms with Crippen molar-refractivity contribution in [2.24, 2.45) is 0 Å². The number of aliphatic hydroxyl groups is 1. The van der Waals surface area contributed by atoms with Crippen LogP contribution in [0.3, 0.4) is 0 Å². The average Bonchev–Trinajstić information content (AvgIpc) is 2.60. The highest BCUT2D eigenvalue weighted by molar-refractivity contribution is 5.77. The molecule has 1 saturated heterocycles. The Kier molecular flexibility index (Phi) is 7.21. The predicted molar refractivity (Wildman–Crippen MR) is 103 cm³/mol. The van der Waals surface area contributed by atoms with E-state index in [-0.39, 0.29) is 36.5 Å². The molecule has 0 unspecified atom stereocenters. The Balaban J connectivity index is 2.14. The predicted octanol–water partition coefficient (Wildman–Crippen LogP) is 2.10. The second-order valence-corrected chi connectivity index (χ2v) is 6.57. The quantitative estimate of drug-likeness (QED) is 0.697. The van der Waals surface area contributed by atoms with Crippen LogP contribution in [0.25, 0.3) is 6.08 Å². The Morgan fingerprint density at radius 3 is 2.42 bits per heavy atom. The van der Waals surface area contributed by atoms with Crippen LogP contribution >= 0.6 is 0 Å². The van der Waals surface area contributed by atoms with Crippen molar-refractivity contribution in [3.8, 4) is 0 Å². The van der Waals surface area contributed by atoms with Crippen molar-refractivity contribution >= 4 is 18.0 Å². The topological polar surface area (TPSA) is 81.7 Å². The third kappa shape index (κ3) is 4.43. The first-order valence-electron chi connectivity index (χ1n) is 9.17. The first-order chi connectivity index (χ1) is 12.5. The minimum absolute atomic E-state index is 0.00460. The fourth-order valence-electron chi connectivity index (χ4n) is 3.61. The zero-order valence-corrected chi connectivity index (χ0v) is 15.7. The van der Waals surface area contributed by atoms with Crippen LogP contribution in [0, 0.1) is 0 Å². The molecule has 1 heterocycles. The number of allylic oxidation sites excluding steroid dienone is 1. The van der Waals surface area contributed by atoms with Crippen molar-refractivity contribution in [3.63, 3.8) is 0 Å². The van der Waals surface area contributed by atoms with Gasteiger partial charge in [0.25, 0.3) is 0 Å². The van der Waals surface area contributed by atoms with Gasteiger partial charge < -0.3 is 20.6 Å². The molecule has 1 aliphatic heterocycles. The summed E-state index contributed by atoms with van der Waals surface area (Å²) in [6, 6.07) is 7.46. The van der Waals surface area contributed by atoms with E-state index in [2.05, 4.69) is 10.6 Å². The first kappa shape index (κ1) is 20.0. The van der Waals surface area contributed by atoms with Crippen molar-refractivity contribution in [3.05, 3.63) is 41.5 Å². The van der Waals surface area contributed by atoms with Crippen molar-refractivity contribution in [2.75, 3.05) is 19.7 Å². The van der Waals surface area contributed by atoms with Crippen LogP contribution in [-0.2, 0) is 4.79 Å². The molecule has 0 bridgehead atoms. The maximum atomic E-state index is 12.0. The molecular weight excluding hydrogens is 330 g/mol. The summed E-state index contributed by atoms with van der Waals surface area (Å²) in [6.07, 6.45) is 4.87. The molecule has 1 aliphatic rings. The lowest BCUT2D eigenvalue weighted by Gasteiger charge is -2.54. The summed E-state index contributed by atoms with van der Waals surface area (Å²) < 4.78 is 0. The van der Waals surface area contributed by atoms with Gasteiger partial charge in [-0.05, 0) is 24.5 Å². The van der Waals surface area contributed by atoms with E-state index in [4.69, 9.17) is 0 Å². The molecule has 0 radical (unpaired) electrons. The van der Waals surface area contributed by atoms with Crippen LogP contribution in [0.15, 0.2) is 30.3 Å². The SMILES string of the molecule is C/C=C/c1ccc([C@H]2[C@@H](CO)N(C(C)=O)[C@@H]2CNC(=O)NCCC)cc1. The second kappa shape index (κ2) is 9.38. The molecule has 3 atom stereocenters. The van der Waals surface area contributed by atoms with Crippen LogP contribution in [0.4, 0.5) is 4.79 Å². The lowest BCUT2D eigenvalue weighted by Crippen LogP contribution is -2.68. The Hall–Kier alpha value is -2.34. The second-order valence-electron chi connectivity index (χ2n) is 6.57. The van der Waals surface area contributed by atoms with Crippen molar-refractivity contribution < 1.29 is 14.7 Å². The number of likely N-dealkylation sites (tertiary alicyclic amines) is 1. The smallest absolute Gasteiger partial charge is 0.314 e. The minimum Gasteiger partial charge on any atom is -0.394 e. The van der Waals surface area contributed by atoms with Gasteiger partial charge in [0.05, 0.1) is 18.7 Å². The van der Waals surface area contributed by atoms with E-state index < -0.39 is 0 Å². The number of hydrogen-bond donors (Lipinski definition) is 3. The molecule has 2 rings (SSSR count). The normalized spacial score (nSPS) is 22.2. The maximum Gasteiger partial charge on any atom is 0.314 e. The zero-order valence-electron chi connectivity index (χ0n) is 15.7. The van der Waals surface area contributed by atoms with Crippen LogP contribution in [0.2, 0.25) is 0 Å². The van der Waals surface area contributed by atoms with E-state index in [1.165, 1.54) is 6.92 Å². The molecule has 26 heavy (non-hydrogen) atoms. The Bertz CT molecular complexity index is 642. The van der Waals surface area contributed by atoms with Gasteiger partial charge in [-0.25, -0.2) is 4.79 Å². The van der Waals surface area contributed by atoms with Gasteiger partial charge in [0.15, 0.2) is 0 Å². The molecule has 1 fully saturated rings. The highest BCUT2D eigenvalue weighted by atomic mass is 16.3. The molecule has 1 aromatic carbocycles. The molecule has 6 heteroatoms. The van der Waals surface area contributed by atoms with E-state index in [1.54, 1.807) is 4.90 Å². The molecule has 6 nitrogen and oxygen atoms in total. The van der Waals surface area contributed by atoms with Gasteiger partial charge in [-0.2, -0.15) is 0 Å². The third-order valence-corrected chi connectivity index (χ3v) is 4.78. The van der Waals surface area contributed by atoms with E-state index in [9.17, 15) is 14.7 Å². The van der Waals surface area contributed by atoms with Gasteiger partial charge in [0.2, 0.25) is 5.91 Å². The molecule has 3 amide bonds. The van der Waals surface area contributed by atoms with Gasteiger partial charge in [0.1, 0.15) is 0 Å². The summed E-state index contributed by atoms with van der Waals surface area (Å²) in [7, 11) is 0. The Morgan fingerprint density at radius 1 is 1.19 bits per heavy atom. The summed E-state index contributed by atoms with van der Waals surface area (Å²) in [5, 5.41) is 15.4. The van der Waals surface area contributed by atoms with Crippen molar-refractivity contribution in [1.29, 1.82) is 0 Å². The van der Waals surface area contributed by atoms with Gasteiger partial charge in [-0.15, -0.1) is 0 Å². The van der Waals surface area contributed by atoms with Gasteiger partial charge in [-0.3, -0.25) is 4.79 Å². The van der Waals surface area contributed by atoms with E-state index in [1.807, 2.05) is 50.3 Å². The highest BCUT2D eigenvalue weighted by Gasteiger charge is 2.49. The van der Waals surface area contributed by atoms with E-state index >= 15 is 0 Å². The molecule has 0 saturated carbocycles. The van der Waals surface area contributed by atoms with Crippen LogP contribution < -0.4 is 10.6 Å². The van der Waals surface area contributed by atoms with Gasteiger partial charge >= 0.3 is 6.03 Å². The molecule has 3 N–H and O–H groups in total. The number of hydrogen-bond acceptors (Lipinski definition) is 3. The first-order valence-corrected chi connectivity index (χ1v) is 9.17. The summed E-state index contributed by atoms with van der Waals surface area (Å²) in [4.78, 5) is 25.5. The number of nitrogens with zero attached hydrogens (tertiary/aromatic N) is 1. The molecule has 0 spiro atoms. The number of rotatable bonds is 7. The maximum absolute atomic E-state index is 12.0. The van der Waals surface area contributed by atoms with Crippen LogP contribution in [0.5, 0.6) is 0 Å². The molecule has 1 aromatic rings. The summed E-state index contributed by atoms with van der Waals surface area (Å²) in [5.41, 5.74) is 2.17. The summed E-state index contributed by atoms with van der Waals surface area (Å²) in [5.74, 6) is -0.0957. The number of amides is 3. The van der Waals surface area contributed by atoms with Crippen LogP contribution in [-0.4, -0.2) is 53.7 Å². The van der Waals surface area contributed by atoms with E-state index in [0.717, 1.165) is 17.5 Å². The number of urea groups is 1. The number of aliphatic hydroxyl groups excluding tert-OH is 1. The summed E-state index contributed by atoms with van der Waals surface area (Å²) in [6.45, 7) is 6.33. The molecule has 142 valence electrons. The molecule has 0 aliphatic carbocycles. The number of carbonyl (C=O) groups is 2. The van der Waals surface area contributed by atoms with Crippen molar-refractivity contribution in [1.82, 2.24) is 15.5 Å². The number of benzene rings is 1. The monoisotopic (exact) mass is 359 g/mol. The number of nitrogens with one attached hydrogen (secondary N) is 2. The van der Waals surface area contributed by atoms with Crippen LogP contribution in [0.1, 0.15) is 44.2 Å². The zero-order chi connectivity index (χ0) is 19.1. The van der Waals surface area contributed by atoms with Gasteiger partial charge in [0, 0.05) is 25.9 Å². The summed E-state index contributed by atoms with van der Waals surface area (Å²) >= 11 is 0. The number of carbonyl (C=O) groups excluding carboxylic acids is 2. The van der Waals surface area contributed by atoms with Crippen molar-refractivity contribution in [2.45, 2.75) is 45.2 Å². The fourth-order valence-corrected chi connectivity index (χ4v) is 3.61. The fraction of sp³-hybridized carbons (Fsp3) is 0.500. The van der Waals surface area contributed by atoms with E-state index in [0.29, 0.717) is 13.1 Å². The Morgan fingerprint density at radius 2 is 1.88 bits per heavy atom. The van der Waals surface area contributed by atoms with Gasteiger partial charge in [-0.1, -0.05) is 43.3 Å². The largest absolute Gasteiger partial charge is 0.394 e. The molecular formula is C20H29N3O3. The third-order valence-electron chi connectivity index (χ3n) is 4.78. The Labute approximate surface area is 155 Å². The standard InChI is InChI=1S/C20H29N3O3/c1-4-6-15-7-9-16(10-8-15)19-17(12-22-20(26)21-11-5-2)23(14(3)25)18(19)13-24/h4,6-10,17-19,24H,5,11-13H2,1-3H3,(H2,21,22,26)/b6-4+/t17-,18-,19-/m1/s1. The lowest BCUT2D eigenvalue weighted by atomic mass is 9.75. The average molecular weight is 359 g/mol. The molecule has 0 aromatic heterocycles. The minimum atomic E-state index is -0.259. The highest BCUT2D eigenvalue weighted by Crippen LogP contribution is 2.40.